The van der Waals surface area contributed by atoms with Gasteiger partial charge in [-0.3, -0.25) is 0 Å². The summed E-state index contributed by atoms with van der Waals surface area (Å²) in [4.78, 5) is 0. The van der Waals surface area contributed by atoms with E-state index < -0.39 is 0 Å². The second kappa shape index (κ2) is 4.72. The predicted octanol–water partition coefficient (Wildman–Crippen LogP) is 3.82. The highest BCUT2D eigenvalue weighted by Crippen LogP contribution is 2.20. The molecule has 0 amide bonds. The Hall–Kier alpha value is -2.37. The fourth-order valence-corrected chi connectivity index (χ4v) is 2.43. The van der Waals surface area contributed by atoms with Crippen molar-refractivity contribution in [3.05, 3.63) is 77.7 Å². The first-order valence-electron chi connectivity index (χ1n) is 6.44. The molecule has 19 heavy (non-hydrogen) atoms. The third-order valence-corrected chi connectivity index (χ3v) is 3.47. The van der Waals surface area contributed by atoms with Gasteiger partial charge in [-0.25, -0.2) is 4.58 Å². The van der Waals surface area contributed by atoms with E-state index in [-0.39, 0.29) is 0 Å². The van der Waals surface area contributed by atoms with Crippen LogP contribution >= 0.6 is 0 Å². The van der Waals surface area contributed by atoms with Crippen molar-refractivity contribution < 1.29 is 4.58 Å². The Bertz CT molecular complexity index is 769. The summed E-state index contributed by atoms with van der Waals surface area (Å²) in [6, 6.07) is 13.0. The largest absolute Gasteiger partial charge is 0.220 e. The van der Waals surface area contributed by atoms with E-state index in [1.54, 1.807) is 0 Å². The lowest BCUT2D eigenvalue weighted by molar-refractivity contribution is -0.420. The van der Waals surface area contributed by atoms with Gasteiger partial charge < -0.3 is 0 Å². The summed E-state index contributed by atoms with van der Waals surface area (Å²) < 4.78 is 2.13. The lowest BCUT2D eigenvalue weighted by atomic mass is 9.98. The van der Waals surface area contributed by atoms with Crippen LogP contribution in [0.1, 0.15) is 11.1 Å². The molecule has 0 bridgehead atoms. The van der Waals surface area contributed by atoms with Crippen LogP contribution < -0.4 is 0 Å². The molecule has 3 rings (SSSR count). The molecule has 0 aromatic heterocycles. The summed E-state index contributed by atoms with van der Waals surface area (Å²) in [5, 5.41) is 2.56. The van der Waals surface area contributed by atoms with Crippen LogP contribution in [0.25, 0.3) is 10.8 Å². The molecule has 1 aliphatic heterocycles. The lowest BCUT2D eigenvalue weighted by Gasteiger charge is -2.06. The van der Waals surface area contributed by atoms with Crippen LogP contribution in [-0.2, 0) is 0 Å². The maximum Gasteiger partial charge on any atom is 0.220 e. The number of benzene rings is 2. The van der Waals surface area contributed by atoms with Crippen molar-refractivity contribution in [2.45, 2.75) is 6.92 Å². The Labute approximate surface area is 113 Å². The van der Waals surface area contributed by atoms with Crippen LogP contribution in [0.5, 0.6) is 0 Å². The van der Waals surface area contributed by atoms with E-state index >= 15 is 0 Å². The van der Waals surface area contributed by atoms with Crippen LogP contribution in [0, 0.1) is 6.92 Å². The van der Waals surface area contributed by atoms with Crippen molar-refractivity contribution in [1.82, 2.24) is 0 Å². The van der Waals surface area contributed by atoms with Gasteiger partial charge in [-0.05, 0) is 35.4 Å². The van der Waals surface area contributed by atoms with Crippen LogP contribution in [0.15, 0.2) is 66.6 Å². The highest BCUT2D eigenvalue weighted by Gasteiger charge is 2.14. The molecule has 0 N–H and O–H groups in total. The second-order valence-corrected chi connectivity index (χ2v) is 4.83. The average Bonchev–Trinajstić information content (AvgIpc) is 2.63. The monoisotopic (exact) mass is 246 g/mol. The number of rotatable bonds is 1. The molecule has 1 heterocycles. The highest BCUT2D eigenvalue weighted by molar-refractivity contribution is 6.08. The van der Waals surface area contributed by atoms with Crippen molar-refractivity contribution in [1.29, 1.82) is 0 Å². The number of aryl methyl sites for hydroxylation is 1. The van der Waals surface area contributed by atoms with Crippen molar-refractivity contribution >= 4 is 16.5 Å². The number of hydrogen-bond donors (Lipinski definition) is 0. The zero-order valence-corrected chi connectivity index (χ0v) is 11.2. The van der Waals surface area contributed by atoms with Gasteiger partial charge in [0.1, 0.15) is 7.05 Å². The fourth-order valence-electron chi connectivity index (χ4n) is 2.43. The standard InChI is InChI=1S/C18H16N/c1-14-12-15-8-5-6-9-16(15)13-17(14)18-10-4-3-7-11-19(18)2/h3,5-13H,1-2H3/q+1. The molecule has 2 aromatic rings. The van der Waals surface area contributed by atoms with Gasteiger partial charge in [0, 0.05) is 6.08 Å². The minimum Gasteiger partial charge on any atom is -0.200 e. The molecule has 1 nitrogen and oxygen atoms in total. The first-order chi connectivity index (χ1) is 9.25. The Kier molecular flexibility index (Phi) is 2.91. The predicted molar refractivity (Wildman–Crippen MR) is 80.8 cm³/mol. The molecule has 0 saturated carbocycles. The molecular formula is C18H16N+. The van der Waals surface area contributed by atoms with E-state index in [0.717, 1.165) is 0 Å². The van der Waals surface area contributed by atoms with Crippen LogP contribution in [0.2, 0.25) is 0 Å². The SMILES string of the molecule is Cc1cc2ccccc2cc1C1=[N+](C)C=CC=C=C1. The average molecular weight is 246 g/mol. The van der Waals surface area contributed by atoms with E-state index in [1.165, 1.54) is 27.6 Å². The Morgan fingerprint density at radius 2 is 1.79 bits per heavy atom. The minimum absolute atomic E-state index is 1.17. The summed E-state index contributed by atoms with van der Waals surface area (Å²) in [5.41, 5.74) is 6.90. The number of nitrogens with zero attached hydrogens (tertiary/aromatic N) is 1. The number of fused-ring (bicyclic) bond motifs is 1. The smallest absolute Gasteiger partial charge is 0.200 e. The van der Waals surface area contributed by atoms with E-state index in [1.807, 2.05) is 18.2 Å². The van der Waals surface area contributed by atoms with Crippen LogP contribution in [0.4, 0.5) is 0 Å². The van der Waals surface area contributed by atoms with Gasteiger partial charge in [-0.1, -0.05) is 30.3 Å². The normalized spacial score (nSPS) is 14.2. The molecule has 1 heteroatoms. The first kappa shape index (κ1) is 11.7. The van der Waals surface area contributed by atoms with E-state index in [4.69, 9.17) is 0 Å². The molecule has 1 aliphatic rings. The Morgan fingerprint density at radius 1 is 1.05 bits per heavy atom. The summed E-state index contributed by atoms with van der Waals surface area (Å²) >= 11 is 0. The van der Waals surface area contributed by atoms with Gasteiger partial charge in [-0.15, -0.1) is 5.73 Å². The molecule has 0 atom stereocenters. The maximum absolute atomic E-state index is 3.19. The van der Waals surface area contributed by atoms with Crippen molar-refractivity contribution in [2.75, 3.05) is 7.05 Å². The third kappa shape index (κ3) is 2.16. The zero-order valence-electron chi connectivity index (χ0n) is 11.2. The molecule has 0 radical (unpaired) electrons. The molecule has 0 fully saturated rings. The molecular weight excluding hydrogens is 230 g/mol. The van der Waals surface area contributed by atoms with Crippen molar-refractivity contribution in [2.24, 2.45) is 0 Å². The molecule has 92 valence electrons. The molecule has 0 spiro atoms. The lowest BCUT2D eigenvalue weighted by Crippen LogP contribution is -2.12. The zero-order chi connectivity index (χ0) is 13.2. The molecule has 2 aromatic carbocycles. The summed E-state index contributed by atoms with van der Waals surface area (Å²) in [5.74, 6) is 0. The highest BCUT2D eigenvalue weighted by atomic mass is 14.9. The van der Waals surface area contributed by atoms with Gasteiger partial charge in [0.2, 0.25) is 5.71 Å². The third-order valence-electron chi connectivity index (χ3n) is 3.47. The molecule has 0 saturated heterocycles. The number of hydrogen-bond acceptors (Lipinski definition) is 0. The van der Waals surface area contributed by atoms with E-state index in [9.17, 15) is 0 Å². The topological polar surface area (TPSA) is 3.01 Å². The first-order valence-corrected chi connectivity index (χ1v) is 6.44. The van der Waals surface area contributed by atoms with Gasteiger partial charge in [0.05, 0.1) is 11.6 Å². The minimum atomic E-state index is 1.17. The number of allylic oxidation sites excluding steroid dienone is 2. The van der Waals surface area contributed by atoms with Gasteiger partial charge in [0.15, 0.2) is 6.20 Å². The van der Waals surface area contributed by atoms with E-state index in [2.05, 4.69) is 66.9 Å². The molecule has 0 unspecified atom stereocenters. The van der Waals surface area contributed by atoms with Gasteiger partial charge in [0.25, 0.3) is 0 Å². The Balaban J connectivity index is 2.28. The second-order valence-electron chi connectivity index (χ2n) is 4.83. The van der Waals surface area contributed by atoms with Gasteiger partial charge in [-0.2, -0.15) is 0 Å². The fraction of sp³-hybridized carbons (Fsp3) is 0.111. The van der Waals surface area contributed by atoms with Crippen LogP contribution in [0.3, 0.4) is 0 Å². The van der Waals surface area contributed by atoms with Gasteiger partial charge >= 0.3 is 0 Å². The van der Waals surface area contributed by atoms with E-state index in [0.29, 0.717) is 0 Å². The Morgan fingerprint density at radius 3 is 2.58 bits per heavy atom. The quantitative estimate of drug-likeness (QED) is 0.531. The van der Waals surface area contributed by atoms with Crippen molar-refractivity contribution in [3.63, 3.8) is 0 Å². The summed E-state index contributed by atoms with van der Waals surface area (Å²) in [7, 11) is 2.07. The maximum atomic E-state index is 3.19. The summed E-state index contributed by atoms with van der Waals surface area (Å²) in [6.07, 6.45) is 8.03. The summed E-state index contributed by atoms with van der Waals surface area (Å²) in [6.45, 7) is 2.16. The van der Waals surface area contributed by atoms with Crippen LogP contribution in [-0.4, -0.2) is 17.3 Å². The van der Waals surface area contributed by atoms with Crippen molar-refractivity contribution in [3.8, 4) is 0 Å². The molecule has 0 aliphatic carbocycles.